The number of ether oxygens (including phenoxy) is 2. The van der Waals surface area contributed by atoms with E-state index in [1.165, 1.54) is 0 Å². The van der Waals surface area contributed by atoms with Crippen LogP contribution in [0.2, 0.25) is 0 Å². The summed E-state index contributed by atoms with van der Waals surface area (Å²) in [5.74, 6) is 1.50. The van der Waals surface area contributed by atoms with E-state index in [1.54, 1.807) is 43.8 Å². The van der Waals surface area contributed by atoms with E-state index in [1.807, 2.05) is 4.90 Å². The first kappa shape index (κ1) is 16.9. The number of nitrogens with one attached hydrogen (secondary N) is 1. The highest BCUT2D eigenvalue weighted by atomic mass is 16.5. The summed E-state index contributed by atoms with van der Waals surface area (Å²) in [5, 5.41) is 8.96. The number of aromatic nitrogens is 1. The standard InChI is InChI=1S/C19H21N3O3/c1-24-18-9-14(10-20)4-5-17(18)25-13-15-3-2-8-22(12-15)19(23)16-6-7-21-11-16/h4-7,9,11,15,21H,2-3,8,12-13H2,1H3. The summed E-state index contributed by atoms with van der Waals surface area (Å²) in [4.78, 5) is 17.3. The topological polar surface area (TPSA) is 78.3 Å². The van der Waals surface area contributed by atoms with Gasteiger partial charge < -0.3 is 19.4 Å². The number of nitrogens with zero attached hydrogens (tertiary/aromatic N) is 2. The summed E-state index contributed by atoms with van der Waals surface area (Å²) in [6.45, 7) is 1.97. The number of hydrogen-bond donors (Lipinski definition) is 1. The Hall–Kier alpha value is -2.94. The molecule has 130 valence electrons. The SMILES string of the molecule is COc1cc(C#N)ccc1OCC1CCCN(C(=O)c2cc[nH]c2)C1. The molecule has 1 unspecified atom stereocenters. The van der Waals surface area contributed by atoms with E-state index < -0.39 is 0 Å². The van der Waals surface area contributed by atoms with E-state index in [0.717, 1.165) is 19.4 Å². The van der Waals surface area contributed by atoms with E-state index in [9.17, 15) is 4.79 Å². The lowest BCUT2D eigenvalue weighted by molar-refractivity contribution is 0.0632. The summed E-state index contributed by atoms with van der Waals surface area (Å²) < 4.78 is 11.2. The van der Waals surface area contributed by atoms with Gasteiger partial charge >= 0.3 is 0 Å². The van der Waals surface area contributed by atoms with Crippen molar-refractivity contribution in [1.29, 1.82) is 5.26 Å². The zero-order chi connectivity index (χ0) is 17.6. The largest absolute Gasteiger partial charge is 0.493 e. The average Bonchev–Trinajstić information content (AvgIpc) is 3.20. The lowest BCUT2D eigenvalue weighted by atomic mass is 9.98. The molecule has 1 aliphatic heterocycles. The molecule has 1 aliphatic rings. The molecule has 0 radical (unpaired) electrons. The fraction of sp³-hybridized carbons (Fsp3) is 0.368. The van der Waals surface area contributed by atoms with Gasteiger partial charge in [-0.2, -0.15) is 5.26 Å². The molecule has 6 heteroatoms. The number of benzene rings is 1. The van der Waals surface area contributed by atoms with Gasteiger partial charge in [0.15, 0.2) is 11.5 Å². The van der Waals surface area contributed by atoms with E-state index in [-0.39, 0.29) is 11.8 Å². The quantitative estimate of drug-likeness (QED) is 0.908. The van der Waals surface area contributed by atoms with Gasteiger partial charge in [-0.25, -0.2) is 0 Å². The Morgan fingerprint density at radius 3 is 3.00 bits per heavy atom. The van der Waals surface area contributed by atoms with Crippen molar-refractivity contribution < 1.29 is 14.3 Å². The third-order valence-electron chi connectivity index (χ3n) is 4.42. The molecule has 6 nitrogen and oxygen atoms in total. The monoisotopic (exact) mass is 339 g/mol. The maximum Gasteiger partial charge on any atom is 0.255 e. The van der Waals surface area contributed by atoms with E-state index in [0.29, 0.717) is 35.8 Å². The molecule has 25 heavy (non-hydrogen) atoms. The molecule has 1 atom stereocenters. The van der Waals surface area contributed by atoms with Crippen LogP contribution in [0.5, 0.6) is 11.5 Å². The maximum atomic E-state index is 12.5. The first-order valence-corrected chi connectivity index (χ1v) is 8.34. The molecular weight excluding hydrogens is 318 g/mol. The van der Waals surface area contributed by atoms with Gasteiger partial charge in [0.2, 0.25) is 0 Å². The summed E-state index contributed by atoms with van der Waals surface area (Å²) >= 11 is 0. The molecular formula is C19H21N3O3. The second kappa shape index (κ2) is 7.75. The lowest BCUT2D eigenvalue weighted by Gasteiger charge is -2.32. The molecule has 1 aromatic heterocycles. The molecule has 0 bridgehead atoms. The summed E-state index contributed by atoms with van der Waals surface area (Å²) in [6, 6.07) is 9.01. The normalized spacial score (nSPS) is 17.0. The number of H-pyrrole nitrogens is 1. The van der Waals surface area contributed by atoms with Crippen LogP contribution in [0.25, 0.3) is 0 Å². The Balaban J connectivity index is 1.60. The Labute approximate surface area is 147 Å². The minimum absolute atomic E-state index is 0.0573. The fourth-order valence-corrected chi connectivity index (χ4v) is 3.09. The number of hydrogen-bond acceptors (Lipinski definition) is 4. The van der Waals surface area contributed by atoms with Gasteiger partial charge in [0, 0.05) is 37.5 Å². The van der Waals surface area contributed by atoms with Crippen LogP contribution < -0.4 is 9.47 Å². The number of aromatic amines is 1. The predicted octanol–water partition coefficient (Wildman–Crippen LogP) is 2.83. The predicted molar refractivity (Wildman–Crippen MR) is 92.6 cm³/mol. The summed E-state index contributed by atoms with van der Waals surface area (Å²) in [7, 11) is 1.56. The van der Waals surface area contributed by atoms with Crippen LogP contribution in [0.15, 0.2) is 36.7 Å². The van der Waals surface area contributed by atoms with Gasteiger partial charge in [-0.15, -0.1) is 0 Å². The third-order valence-corrected chi connectivity index (χ3v) is 4.42. The highest BCUT2D eigenvalue weighted by Gasteiger charge is 2.25. The average molecular weight is 339 g/mol. The number of piperidine rings is 1. The molecule has 1 saturated heterocycles. The van der Waals surface area contributed by atoms with Crippen molar-refractivity contribution in [2.75, 3.05) is 26.8 Å². The Kier molecular flexibility index (Phi) is 5.24. The lowest BCUT2D eigenvalue weighted by Crippen LogP contribution is -2.41. The second-order valence-corrected chi connectivity index (χ2v) is 6.15. The molecule has 0 aliphatic carbocycles. The Morgan fingerprint density at radius 2 is 2.28 bits per heavy atom. The number of carbonyl (C=O) groups excluding carboxylic acids is 1. The zero-order valence-corrected chi connectivity index (χ0v) is 14.2. The van der Waals surface area contributed by atoms with Crippen LogP contribution in [-0.4, -0.2) is 42.6 Å². The Morgan fingerprint density at radius 1 is 1.40 bits per heavy atom. The molecule has 3 rings (SSSR count). The van der Waals surface area contributed by atoms with Gasteiger partial charge in [-0.05, 0) is 31.0 Å². The summed E-state index contributed by atoms with van der Waals surface area (Å²) in [5.41, 5.74) is 1.22. The van der Waals surface area contributed by atoms with Crippen molar-refractivity contribution >= 4 is 5.91 Å². The van der Waals surface area contributed by atoms with E-state index in [2.05, 4.69) is 11.1 Å². The number of methoxy groups -OCH3 is 1. The molecule has 1 fully saturated rings. The van der Waals surface area contributed by atoms with E-state index >= 15 is 0 Å². The van der Waals surface area contributed by atoms with Crippen LogP contribution in [0.1, 0.15) is 28.8 Å². The van der Waals surface area contributed by atoms with Crippen LogP contribution >= 0.6 is 0 Å². The molecule has 1 N–H and O–H groups in total. The molecule has 0 saturated carbocycles. The minimum Gasteiger partial charge on any atom is -0.493 e. The highest BCUT2D eigenvalue weighted by Crippen LogP contribution is 2.29. The molecule has 2 heterocycles. The highest BCUT2D eigenvalue weighted by molar-refractivity contribution is 5.94. The maximum absolute atomic E-state index is 12.5. The van der Waals surface area contributed by atoms with Gasteiger partial charge in [-0.3, -0.25) is 4.79 Å². The first-order valence-electron chi connectivity index (χ1n) is 8.34. The van der Waals surface area contributed by atoms with Gasteiger partial charge in [0.1, 0.15) is 0 Å². The number of rotatable bonds is 5. The fourth-order valence-electron chi connectivity index (χ4n) is 3.09. The number of nitriles is 1. The molecule has 2 aromatic rings. The number of carbonyl (C=O) groups is 1. The minimum atomic E-state index is 0.0573. The van der Waals surface area contributed by atoms with Gasteiger partial charge in [0.25, 0.3) is 5.91 Å². The van der Waals surface area contributed by atoms with Crippen LogP contribution in [0.4, 0.5) is 0 Å². The summed E-state index contributed by atoms with van der Waals surface area (Å²) in [6.07, 6.45) is 5.48. The van der Waals surface area contributed by atoms with Gasteiger partial charge in [0.05, 0.1) is 30.9 Å². The van der Waals surface area contributed by atoms with E-state index in [4.69, 9.17) is 14.7 Å². The second-order valence-electron chi connectivity index (χ2n) is 6.15. The van der Waals surface area contributed by atoms with Gasteiger partial charge in [-0.1, -0.05) is 0 Å². The van der Waals surface area contributed by atoms with Crippen molar-refractivity contribution in [2.45, 2.75) is 12.8 Å². The smallest absolute Gasteiger partial charge is 0.255 e. The van der Waals surface area contributed by atoms with Crippen molar-refractivity contribution in [3.63, 3.8) is 0 Å². The van der Waals surface area contributed by atoms with Crippen molar-refractivity contribution in [3.8, 4) is 17.6 Å². The van der Waals surface area contributed by atoms with Crippen molar-refractivity contribution in [1.82, 2.24) is 9.88 Å². The third kappa shape index (κ3) is 3.94. The van der Waals surface area contributed by atoms with Crippen molar-refractivity contribution in [2.24, 2.45) is 5.92 Å². The number of likely N-dealkylation sites (tertiary alicyclic amines) is 1. The molecule has 1 amide bonds. The number of amides is 1. The molecule has 1 aromatic carbocycles. The zero-order valence-electron chi connectivity index (χ0n) is 14.2. The van der Waals surface area contributed by atoms with Crippen LogP contribution in [0, 0.1) is 17.2 Å². The molecule has 0 spiro atoms. The van der Waals surface area contributed by atoms with Crippen LogP contribution in [0.3, 0.4) is 0 Å². The van der Waals surface area contributed by atoms with Crippen molar-refractivity contribution in [3.05, 3.63) is 47.8 Å². The van der Waals surface area contributed by atoms with Crippen LogP contribution in [-0.2, 0) is 0 Å². The Bertz CT molecular complexity index is 765. The first-order chi connectivity index (χ1) is 12.2.